The van der Waals surface area contributed by atoms with Crippen LogP contribution in [-0.2, 0) is 30.5 Å². The third-order valence-corrected chi connectivity index (χ3v) is 17.0. The highest BCUT2D eigenvalue weighted by molar-refractivity contribution is 9.11. The first-order valence-electron chi connectivity index (χ1n) is 23.5. The Kier molecular flexibility index (Phi) is 12.9. The van der Waals surface area contributed by atoms with Crippen molar-refractivity contribution in [3.05, 3.63) is 139 Å². The summed E-state index contributed by atoms with van der Waals surface area (Å²) in [6, 6.07) is 35.9. The van der Waals surface area contributed by atoms with Crippen molar-refractivity contribution in [2.75, 3.05) is 0 Å². The van der Waals surface area contributed by atoms with Crippen LogP contribution in [0.25, 0.3) is 32.7 Å². The first kappa shape index (κ1) is 47.3. The lowest BCUT2D eigenvalue weighted by molar-refractivity contribution is 0.00578. The number of aryl methyl sites for hydroxylation is 2. The van der Waals surface area contributed by atoms with Gasteiger partial charge in [-0.2, -0.15) is 0 Å². The van der Waals surface area contributed by atoms with Crippen LogP contribution in [0.3, 0.4) is 0 Å². The molecular formula is C56H66B2Br2O4. The molecule has 0 saturated carbocycles. The standard InChI is InChI=1S/C34H42B2O4.C22H24Br2/c1-21-16-22(2)18-23(17-21)34(11)28-19-24(35-37-30(3,4)31(5,6)38-35)12-14-26(28)27-15-13-25(20-29(27)34)36-39-32(7,8)33(9,10)40-36;1-3-5-8-15(4-2)13-16-11-12-19-20(14-16)22(24)18-10-7-6-9-17(18)21(19)23/h12-20H,1-11H3;6-7,9-12,14-15H,3-5,8,13H2,1-2H3. The second kappa shape index (κ2) is 17.4. The van der Waals surface area contributed by atoms with Crippen molar-refractivity contribution in [3.8, 4) is 11.1 Å². The van der Waals surface area contributed by atoms with E-state index in [2.05, 4.69) is 219 Å². The Morgan fingerprint density at radius 2 is 0.984 bits per heavy atom. The molecule has 0 aromatic heterocycles. The molecule has 2 aliphatic heterocycles. The Bertz CT molecular complexity index is 2600. The number of fused-ring (bicyclic) bond motifs is 5. The van der Waals surface area contributed by atoms with Crippen LogP contribution in [0.4, 0.5) is 0 Å². The minimum absolute atomic E-state index is 0.374. The molecule has 2 saturated heterocycles. The normalized spacial score (nSPS) is 19.1. The molecule has 2 heterocycles. The SMILES string of the molecule is CCCCC(CC)Cc1ccc2c(Br)c3ccccc3c(Br)c2c1.Cc1cc(C)cc(C2(C)c3cc(B4OC(C)(C)C(C)(C)O4)ccc3-c3ccc(B4OC(C)(C)C(C)(C)O4)cc32)c1. The predicted octanol–water partition coefficient (Wildman–Crippen LogP) is 14.5. The number of halogens is 2. The summed E-state index contributed by atoms with van der Waals surface area (Å²) in [5.41, 5.74) is 10.4. The first-order valence-corrected chi connectivity index (χ1v) is 25.1. The summed E-state index contributed by atoms with van der Waals surface area (Å²) in [4.78, 5) is 0. The van der Waals surface area contributed by atoms with E-state index in [1.54, 1.807) is 0 Å². The number of unbranched alkanes of at least 4 members (excludes halogenated alkanes) is 1. The molecule has 0 N–H and O–H groups in total. The monoisotopic (exact) mass is 982 g/mol. The summed E-state index contributed by atoms with van der Waals surface area (Å²) in [6.07, 6.45) is 6.42. The maximum atomic E-state index is 6.47. The number of hydrogen-bond donors (Lipinski definition) is 0. The fourth-order valence-electron chi connectivity index (χ4n) is 9.92. The molecule has 9 rings (SSSR count). The van der Waals surface area contributed by atoms with Crippen molar-refractivity contribution in [1.29, 1.82) is 0 Å². The molecule has 6 aromatic carbocycles. The summed E-state index contributed by atoms with van der Waals surface area (Å²) in [7, 11) is -0.828. The lowest BCUT2D eigenvalue weighted by Crippen LogP contribution is -2.41. The van der Waals surface area contributed by atoms with E-state index in [1.165, 1.54) is 107 Å². The van der Waals surface area contributed by atoms with Gasteiger partial charge in [0.05, 0.1) is 22.4 Å². The fourth-order valence-corrected chi connectivity index (χ4v) is 11.3. The Hall–Kier alpha value is -3.23. The number of rotatable bonds is 9. The van der Waals surface area contributed by atoms with Crippen molar-refractivity contribution in [2.45, 2.75) is 150 Å². The molecular weight excluding hydrogens is 918 g/mol. The minimum Gasteiger partial charge on any atom is -0.399 e. The molecule has 1 unspecified atom stereocenters. The Morgan fingerprint density at radius 1 is 0.531 bits per heavy atom. The van der Waals surface area contributed by atoms with Crippen LogP contribution in [0, 0.1) is 19.8 Å². The second-order valence-corrected chi connectivity index (χ2v) is 22.5. The van der Waals surface area contributed by atoms with Gasteiger partial charge in [0.2, 0.25) is 0 Å². The molecule has 6 aromatic rings. The maximum absolute atomic E-state index is 6.47. The number of hydrogen-bond acceptors (Lipinski definition) is 4. The molecule has 1 atom stereocenters. The van der Waals surface area contributed by atoms with E-state index in [4.69, 9.17) is 18.6 Å². The highest BCUT2D eigenvalue weighted by atomic mass is 79.9. The van der Waals surface area contributed by atoms with E-state index in [9.17, 15) is 0 Å². The van der Waals surface area contributed by atoms with Crippen LogP contribution in [0.1, 0.15) is 135 Å². The first-order chi connectivity index (χ1) is 30.1. The van der Waals surface area contributed by atoms with Crippen LogP contribution in [0.5, 0.6) is 0 Å². The van der Waals surface area contributed by atoms with Gasteiger partial charge in [0.1, 0.15) is 0 Å². The molecule has 4 nitrogen and oxygen atoms in total. The largest absolute Gasteiger partial charge is 0.494 e. The predicted molar refractivity (Wildman–Crippen MR) is 279 cm³/mol. The summed E-state index contributed by atoms with van der Waals surface area (Å²) in [5, 5.41) is 5.13. The molecule has 3 aliphatic rings. The molecule has 0 bridgehead atoms. The lowest BCUT2D eigenvalue weighted by Gasteiger charge is -2.32. The second-order valence-electron chi connectivity index (χ2n) is 21.0. The van der Waals surface area contributed by atoms with E-state index in [-0.39, 0.29) is 5.41 Å². The van der Waals surface area contributed by atoms with Crippen molar-refractivity contribution >= 4 is 78.6 Å². The molecule has 0 spiro atoms. The van der Waals surface area contributed by atoms with Crippen molar-refractivity contribution in [1.82, 2.24) is 0 Å². The quantitative estimate of drug-likeness (QED) is 0.107. The van der Waals surface area contributed by atoms with E-state index in [0.29, 0.717) is 0 Å². The number of benzene rings is 6. The zero-order valence-corrected chi connectivity index (χ0v) is 43.6. The van der Waals surface area contributed by atoms with Crippen molar-refractivity contribution in [2.24, 2.45) is 5.92 Å². The van der Waals surface area contributed by atoms with Crippen molar-refractivity contribution < 1.29 is 18.6 Å². The van der Waals surface area contributed by atoms with Gasteiger partial charge in [-0.1, -0.05) is 142 Å². The summed E-state index contributed by atoms with van der Waals surface area (Å²) >= 11 is 7.67. The van der Waals surface area contributed by atoms with E-state index >= 15 is 0 Å². The minimum atomic E-state index is -0.414. The van der Waals surface area contributed by atoms with E-state index in [1.807, 2.05) is 0 Å². The Balaban J connectivity index is 0.000000199. The average Bonchev–Trinajstić information content (AvgIpc) is 3.74. The summed E-state index contributed by atoms with van der Waals surface area (Å²) in [5.74, 6) is 0.796. The van der Waals surface area contributed by atoms with Crippen LogP contribution >= 0.6 is 31.9 Å². The maximum Gasteiger partial charge on any atom is 0.494 e. The van der Waals surface area contributed by atoms with E-state index in [0.717, 1.165) is 16.8 Å². The summed E-state index contributed by atoms with van der Waals surface area (Å²) in [6.45, 7) is 28.1. The van der Waals surface area contributed by atoms with Crippen LogP contribution in [0.15, 0.2) is 106 Å². The third kappa shape index (κ3) is 8.40. The smallest absolute Gasteiger partial charge is 0.399 e. The van der Waals surface area contributed by atoms with Gasteiger partial charge in [0.15, 0.2) is 0 Å². The molecule has 2 fully saturated rings. The lowest BCUT2D eigenvalue weighted by atomic mass is 9.69. The highest BCUT2D eigenvalue weighted by Crippen LogP contribution is 2.53. The van der Waals surface area contributed by atoms with Gasteiger partial charge < -0.3 is 18.6 Å². The van der Waals surface area contributed by atoms with Crippen LogP contribution in [0.2, 0.25) is 0 Å². The van der Waals surface area contributed by atoms with Crippen LogP contribution in [-0.4, -0.2) is 36.6 Å². The van der Waals surface area contributed by atoms with Gasteiger partial charge in [-0.15, -0.1) is 0 Å². The zero-order valence-electron chi connectivity index (χ0n) is 40.4. The molecule has 0 radical (unpaired) electrons. The van der Waals surface area contributed by atoms with Gasteiger partial charge in [0, 0.05) is 14.4 Å². The molecule has 0 amide bonds. The van der Waals surface area contributed by atoms with Gasteiger partial charge >= 0.3 is 14.2 Å². The molecule has 334 valence electrons. The van der Waals surface area contributed by atoms with E-state index < -0.39 is 36.6 Å². The Morgan fingerprint density at radius 3 is 1.44 bits per heavy atom. The van der Waals surface area contributed by atoms with Gasteiger partial charge in [-0.05, 0) is 192 Å². The van der Waals surface area contributed by atoms with Crippen LogP contribution < -0.4 is 10.9 Å². The molecule has 1 aliphatic carbocycles. The third-order valence-electron chi connectivity index (χ3n) is 15.3. The fraction of sp³-hybridized carbons (Fsp3) is 0.429. The summed E-state index contributed by atoms with van der Waals surface area (Å²) < 4.78 is 28.3. The Labute approximate surface area is 401 Å². The van der Waals surface area contributed by atoms with Gasteiger partial charge in [0.25, 0.3) is 0 Å². The molecule has 64 heavy (non-hydrogen) atoms. The average molecular weight is 985 g/mol. The topological polar surface area (TPSA) is 36.9 Å². The highest BCUT2D eigenvalue weighted by Gasteiger charge is 2.54. The molecule has 8 heteroatoms. The van der Waals surface area contributed by atoms with Gasteiger partial charge in [-0.3, -0.25) is 0 Å². The zero-order chi connectivity index (χ0) is 46.1. The van der Waals surface area contributed by atoms with Gasteiger partial charge in [-0.25, -0.2) is 0 Å². The van der Waals surface area contributed by atoms with Crippen molar-refractivity contribution in [3.63, 3.8) is 0 Å².